The Kier molecular flexibility index (Phi) is 5.03. The van der Waals surface area contributed by atoms with E-state index in [0.717, 1.165) is 17.2 Å². The molecule has 0 saturated heterocycles. The Morgan fingerprint density at radius 3 is 2.25 bits per heavy atom. The average molecular weight is 341 g/mol. The molecule has 0 saturated carbocycles. The minimum absolute atomic E-state index is 0.0736. The lowest BCUT2D eigenvalue weighted by molar-refractivity contribution is -0.273. The molecule has 2 N–H and O–H groups in total. The van der Waals surface area contributed by atoms with Crippen LogP contribution in [-0.4, -0.2) is 17.2 Å². The second-order valence-corrected chi connectivity index (χ2v) is 5.71. The van der Waals surface area contributed by atoms with Crippen molar-refractivity contribution in [3.8, 4) is 0 Å². The zero-order valence-corrected chi connectivity index (χ0v) is 13.3. The van der Waals surface area contributed by atoms with Gasteiger partial charge >= 0.3 is 6.18 Å². The predicted molar refractivity (Wildman–Crippen MR) is 81.0 cm³/mol. The molecular weight excluding hydrogens is 323 g/mol. The third-order valence-corrected chi connectivity index (χ3v) is 3.64. The molecule has 0 aliphatic rings. The molecule has 1 amide bonds. The van der Waals surface area contributed by atoms with Gasteiger partial charge < -0.3 is 14.8 Å². The van der Waals surface area contributed by atoms with Gasteiger partial charge in [0.15, 0.2) is 0 Å². The molecule has 0 spiro atoms. The van der Waals surface area contributed by atoms with Gasteiger partial charge in [-0.1, -0.05) is 29.8 Å². The van der Waals surface area contributed by atoms with Crippen LogP contribution in [0.25, 0.3) is 0 Å². The second-order valence-electron chi connectivity index (χ2n) is 5.71. The van der Waals surface area contributed by atoms with Gasteiger partial charge in [-0.3, -0.25) is 4.79 Å². The van der Waals surface area contributed by atoms with Crippen molar-refractivity contribution in [2.75, 3.05) is 0 Å². The van der Waals surface area contributed by atoms with Gasteiger partial charge in [-0.2, -0.15) is 13.2 Å². The van der Waals surface area contributed by atoms with Gasteiger partial charge in [-0.25, -0.2) is 0 Å². The van der Waals surface area contributed by atoms with Crippen LogP contribution in [-0.2, 0) is 16.9 Å². The van der Waals surface area contributed by atoms with Gasteiger partial charge in [0.05, 0.1) is 6.42 Å². The second kappa shape index (κ2) is 6.68. The van der Waals surface area contributed by atoms with E-state index in [1.54, 1.807) is 12.1 Å². The highest BCUT2D eigenvalue weighted by atomic mass is 19.4. The van der Waals surface area contributed by atoms with Crippen molar-refractivity contribution in [2.45, 2.75) is 38.6 Å². The molecule has 1 unspecified atom stereocenters. The number of amides is 1. The van der Waals surface area contributed by atoms with Crippen LogP contribution in [0.5, 0.6) is 0 Å². The maximum absolute atomic E-state index is 13.3. The van der Waals surface area contributed by atoms with Crippen molar-refractivity contribution in [1.29, 1.82) is 0 Å². The maximum Gasteiger partial charge on any atom is 0.425 e. The first-order chi connectivity index (χ1) is 11.1. The normalized spacial score (nSPS) is 14.2. The number of aliphatic hydroxyl groups is 1. The lowest BCUT2D eigenvalue weighted by Gasteiger charge is -2.28. The van der Waals surface area contributed by atoms with Crippen LogP contribution >= 0.6 is 0 Å². The number of halogens is 3. The van der Waals surface area contributed by atoms with Crippen LogP contribution in [0.4, 0.5) is 13.2 Å². The van der Waals surface area contributed by atoms with Gasteiger partial charge in [0.2, 0.25) is 11.5 Å². The summed E-state index contributed by atoms with van der Waals surface area (Å²) in [5.41, 5.74) is -1.58. The molecule has 1 heterocycles. The number of carbonyl (C=O) groups is 1. The largest absolute Gasteiger partial charge is 0.463 e. The Morgan fingerprint density at radius 1 is 1.12 bits per heavy atom. The molecule has 0 fully saturated rings. The van der Waals surface area contributed by atoms with Gasteiger partial charge in [0, 0.05) is 6.54 Å². The number of alkyl halides is 3. The summed E-state index contributed by atoms with van der Waals surface area (Å²) in [7, 11) is 0. The standard InChI is InChI=1S/C17H18F3NO3/c1-11-3-6-13(7-4-11)10-21-15(22)9-16(23,17(18,19)20)14-8-5-12(2)24-14/h3-8,23H,9-10H2,1-2H3,(H,21,22). The molecule has 2 aromatic rings. The van der Waals surface area contributed by atoms with E-state index in [0.29, 0.717) is 0 Å². The van der Waals surface area contributed by atoms with E-state index in [1.807, 2.05) is 19.1 Å². The highest BCUT2D eigenvalue weighted by Gasteiger charge is 2.58. The van der Waals surface area contributed by atoms with E-state index < -0.39 is 29.9 Å². The maximum atomic E-state index is 13.3. The molecule has 1 atom stereocenters. The SMILES string of the molecule is Cc1ccc(CNC(=O)CC(O)(c2ccc(C)o2)C(F)(F)F)cc1. The zero-order valence-electron chi connectivity index (χ0n) is 13.3. The number of aryl methyl sites for hydroxylation is 2. The van der Waals surface area contributed by atoms with Crippen LogP contribution < -0.4 is 5.32 Å². The highest BCUT2D eigenvalue weighted by Crippen LogP contribution is 2.42. The Morgan fingerprint density at radius 2 is 1.75 bits per heavy atom. The summed E-state index contributed by atoms with van der Waals surface area (Å²) in [6.45, 7) is 3.43. The molecule has 0 aliphatic carbocycles. The van der Waals surface area contributed by atoms with Crippen LogP contribution in [0, 0.1) is 13.8 Å². The third-order valence-electron chi connectivity index (χ3n) is 3.64. The predicted octanol–water partition coefficient (Wildman–Crippen LogP) is 3.35. The lowest BCUT2D eigenvalue weighted by Crippen LogP contribution is -2.45. The minimum atomic E-state index is -5.04. The fourth-order valence-corrected chi connectivity index (χ4v) is 2.19. The van der Waals surface area contributed by atoms with Gasteiger partial charge in [-0.15, -0.1) is 0 Å². The topological polar surface area (TPSA) is 62.5 Å². The Hall–Kier alpha value is -2.28. The summed E-state index contributed by atoms with van der Waals surface area (Å²) in [6, 6.07) is 9.52. The molecule has 4 nitrogen and oxygen atoms in total. The van der Waals surface area contributed by atoms with E-state index in [4.69, 9.17) is 4.42 Å². The summed E-state index contributed by atoms with van der Waals surface area (Å²) >= 11 is 0. The van der Waals surface area contributed by atoms with Crippen LogP contribution in [0.1, 0.15) is 29.1 Å². The van der Waals surface area contributed by atoms with Crippen molar-refractivity contribution >= 4 is 5.91 Å². The number of rotatable bonds is 5. The molecule has 2 rings (SSSR count). The Labute approximate surface area is 137 Å². The van der Waals surface area contributed by atoms with Crippen molar-refractivity contribution in [3.05, 3.63) is 59.0 Å². The average Bonchev–Trinajstić information content (AvgIpc) is 2.92. The van der Waals surface area contributed by atoms with Gasteiger partial charge in [0.1, 0.15) is 11.5 Å². The van der Waals surface area contributed by atoms with Crippen LogP contribution in [0.2, 0.25) is 0 Å². The van der Waals surface area contributed by atoms with E-state index in [9.17, 15) is 23.1 Å². The Bertz CT molecular complexity index is 707. The van der Waals surface area contributed by atoms with Crippen LogP contribution in [0.15, 0.2) is 40.8 Å². The summed E-state index contributed by atoms with van der Waals surface area (Å²) in [6.07, 6.45) is -6.21. The number of hydrogen-bond donors (Lipinski definition) is 2. The van der Waals surface area contributed by atoms with E-state index >= 15 is 0 Å². The van der Waals surface area contributed by atoms with Gasteiger partial charge in [0.25, 0.3) is 0 Å². The number of carbonyl (C=O) groups excluding carboxylic acids is 1. The third kappa shape index (κ3) is 3.97. The monoisotopic (exact) mass is 341 g/mol. The molecule has 1 aromatic heterocycles. The molecule has 24 heavy (non-hydrogen) atoms. The first kappa shape index (κ1) is 18.1. The minimum Gasteiger partial charge on any atom is -0.463 e. The smallest absolute Gasteiger partial charge is 0.425 e. The molecule has 1 aromatic carbocycles. The quantitative estimate of drug-likeness (QED) is 0.877. The number of furan rings is 1. The van der Waals surface area contributed by atoms with Crippen molar-refractivity contribution in [1.82, 2.24) is 5.32 Å². The summed E-state index contributed by atoms with van der Waals surface area (Å²) in [5.74, 6) is -1.41. The van der Waals surface area contributed by atoms with Crippen molar-refractivity contribution < 1.29 is 27.5 Å². The summed E-state index contributed by atoms with van der Waals surface area (Å²) < 4.78 is 44.7. The fourth-order valence-electron chi connectivity index (χ4n) is 2.19. The lowest BCUT2D eigenvalue weighted by atomic mass is 9.95. The van der Waals surface area contributed by atoms with E-state index in [-0.39, 0.29) is 12.3 Å². The number of nitrogens with one attached hydrogen (secondary N) is 1. The number of hydrogen-bond acceptors (Lipinski definition) is 3. The van der Waals surface area contributed by atoms with Crippen molar-refractivity contribution in [2.24, 2.45) is 0 Å². The van der Waals surface area contributed by atoms with Gasteiger partial charge in [-0.05, 0) is 31.5 Å². The van der Waals surface area contributed by atoms with Crippen molar-refractivity contribution in [3.63, 3.8) is 0 Å². The summed E-state index contributed by atoms with van der Waals surface area (Å²) in [4.78, 5) is 11.9. The first-order valence-electron chi connectivity index (χ1n) is 7.30. The molecule has 0 aliphatic heterocycles. The molecule has 130 valence electrons. The molecule has 7 heteroatoms. The first-order valence-corrected chi connectivity index (χ1v) is 7.30. The highest BCUT2D eigenvalue weighted by molar-refractivity contribution is 5.77. The summed E-state index contributed by atoms with van der Waals surface area (Å²) in [5, 5.41) is 12.4. The zero-order chi connectivity index (χ0) is 18.0. The molecular formula is C17H18F3NO3. The fraction of sp³-hybridized carbons (Fsp3) is 0.353. The van der Waals surface area contributed by atoms with Crippen LogP contribution in [0.3, 0.4) is 0 Å². The van der Waals surface area contributed by atoms with E-state index in [2.05, 4.69) is 5.32 Å². The molecule has 0 bridgehead atoms. The Balaban J connectivity index is 2.09. The molecule has 0 radical (unpaired) electrons. The number of benzene rings is 1. The van der Waals surface area contributed by atoms with E-state index in [1.165, 1.54) is 13.0 Å².